The van der Waals surface area contributed by atoms with Crippen LogP contribution in [0.5, 0.6) is 0 Å². The Morgan fingerprint density at radius 3 is 2.00 bits per heavy atom. The molecule has 0 amide bonds. The highest BCUT2D eigenvalue weighted by Crippen LogP contribution is 1.89. The first kappa shape index (κ1) is 7.92. The second-order valence-corrected chi connectivity index (χ2v) is 1.46. The molecule has 0 atom stereocenters. The molecule has 0 saturated heterocycles. The zero-order valence-corrected chi connectivity index (χ0v) is 5.85. The third-order valence-electron chi connectivity index (χ3n) is 0.960. The quantitative estimate of drug-likeness (QED) is 0.515. The third kappa shape index (κ3) is 2.99. The minimum Gasteiger partial charge on any atom is -0.293 e. The van der Waals surface area contributed by atoms with E-state index in [0.29, 0.717) is 0 Å². The molecule has 0 N–H and O–H groups in total. The number of hydrogen-bond acceptors (Lipinski definition) is 2. The van der Waals surface area contributed by atoms with Crippen LogP contribution >= 0.6 is 0 Å². The van der Waals surface area contributed by atoms with Crippen LogP contribution in [0.1, 0.15) is 20.8 Å². The Labute approximate surface area is 51.4 Å². The van der Waals surface area contributed by atoms with E-state index < -0.39 is 0 Å². The summed E-state index contributed by atoms with van der Waals surface area (Å²) >= 11 is 0. The summed E-state index contributed by atoms with van der Waals surface area (Å²) < 4.78 is 0. The molecule has 49 valence electrons. The molecule has 0 heterocycles. The lowest BCUT2D eigenvalue weighted by molar-refractivity contribution is -0.117. The maximum absolute atomic E-state index is 5.05. The van der Waals surface area contributed by atoms with Gasteiger partial charge in [0.15, 0.2) is 0 Å². The standard InChI is InChI=1S/C6H14NO/c1-4-7(5-2)8-6-3/h6H,4-5H2,1-3H3. The van der Waals surface area contributed by atoms with E-state index in [4.69, 9.17) is 4.84 Å². The van der Waals surface area contributed by atoms with Gasteiger partial charge < -0.3 is 0 Å². The van der Waals surface area contributed by atoms with Gasteiger partial charge in [-0.2, -0.15) is 5.06 Å². The zero-order chi connectivity index (χ0) is 6.41. The molecule has 0 saturated carbocycles. The maximum atomic E-state index is 5.05. The molecule has 0 aromatic carbocycles. The summed E-state index contributed by atoms with van der Waals surface area (Å²) in [6.45, 7) is 9.58. The normalized spacial score (nSPS) is 10.5. The van der Waals surface area contributed by atoms with Crippen LogP contribution in [-0.4, -0.2) is 18.2 Å². The second-order valence-electron chi connectivity index (χ2n) is 1.46. The Morgan fingerprint density at radius 2 is 1.88 bits per heavy atom. The molecule has 2 nitrogen and oxygen atoms in total. The van der Waals surface area contributed by atoms with Crippen molar-refractivity contribution in [3.05, 3.63) is 6.61 Å². The van der Waals surface area contributed by atoms with E-state index in [-0.39, 0.29) is 0 Å². The molecular weight excluding hydrogens is 102 g/mol. The molecule has 0 aromatic heterocycles. The lowest BCUT2D eigenvalue weighted by atomic mass is 10.6. The average molecular weight is 116 g/mol. The van der Waals surface area contributed by atoms with E-state index in [9.17, 15) is 0 Å². The van der Waals surface area contributed by atoms with Gasteiger partial charge in [0.1, 0.15) is 6.61 Å². The van der Waals surface area contributed by atoms with E-state index in [2.05, 4.69) is 13.8 Å². The van der Waals surface area contributed by atoms with Crippen LogP contribution in [0.2, 0.25) is 0 Å². The monoisotopic (exact) mass is 116 g/mol. The highest BCUT2D eigenvalue weighted by atomic mass is 16.7. The van der Waals surface area contributed by atoms with Gasteiger partial charge in [-0.1, -0.05) is 13.8 Å². The van der Waals surface area contributed by atoms with E-state index in [0.717, 1.165) is 13.1 Å². The third-order valence-corrected chi connectivity index (χ3v) is 0.960. The van der Waals surface area contributed by atoms with Crippen LogP contribution < -0.4 is 0 Å². The van der Waals surface area contributed by atoms with E-state index >= 15 is 0 Å². The molecule has 0 aromatic rings. The van der Waals surface area contributed by atoms with Gasteiger partial charge in [-0.05, 0) is 6.92 Å². The highest BCUT2D eigenvalue weighted by molar-refractivity contribution is 4.36. The first-order valence-corrected chi connectivity index (χ1v) is 3.04. The Kier molecular flexibility index (Phi) is 5.01. The van der Waals surface area contributed by atoms with Crippen LogP contribution in [0.15, 0.2) is 0 Å². The number of nitrogens with zero attached hydrogens (tertiary/aromatic N) is 1. The lowest BCUT2D eigenvalue weighted by Crippen LogP contribution is -2.21. The van der Waals surface area contributed by atoms with Crippen LogP contribution in [0.25, 0.3) is 0 Å². The molecule has 8 heavy (non-hydrogen) atoms. The van der Waals surface area contributed by atoms with Crippen molar-refractivity contribution in [2.24, 2.45) is 0 Å². The smallest absolute Gasteiger partial charge is 0.104 e. The molecule has 0 unspecified atom stereocenters. The Bertz CT molecular complexity index is 43.8. The van der Waals surface area contributed by atoms with E-state index in [1.54, 1.807) is 6.61 Å². The Hall–Kier alpha value is -0.0800. The predicted octanol–water partition coefficient (Wildman–Crippen LogP) is 1.44. The molecular formula is C6H14NO. The minimum atomic E-state index is 0.945. The lowest BCUT2D eigenvalue weighted by Gasteiger charge is -2.15. The van der Waals surface area contributed by atoms with Crippen molar-refractivity contribution >= 4 is 0 Å². The fraction of sp³-hybridized carbons (Fsp3) is 0.833. The molecule has 0 aliphatic heterocycles. The van der Waals surface area contributed by atoms with Crippen molar-refractivity contribution in [1.29, 1.82) is 0 Å². The van der Waals surface area contributed by atoms with Gasteiger partial charge in [-0.25, -0.2) is 0 Å². The Morgan fingerprint density at radius 1 is 1.38 bits per heavy atom. The van der Waals surface area contributed by atoms with Crippen LogP contribution in [0, 0.1) is 6.61 Å². The van der Waals surface area contributed by atoms with Crippen molar-refractivity contribution in [3.8, 4) is 0 Å². The summed E-state index contributed by atoms with van der Waals surface area (Å²) in [5.41, 5.74) is 0. The summed E-state index contributed by atoms with van der Waals surface area (Å²) in [5, 5.41) is 1.88. The van der Waals surface area contributed by atoms with Crippen LogP contribution in [0.3, 0.4) is 0 Å². The fourth-order valence-electron chi connectivity index (χ4n) is 0.522. The molecule has 2 heteroatoms. The van der Waals surface area contributed by atoms with Gasteiger partial charge >= 0.3 is 0 Å². The molecule has 0 spiro atoms. The molecule has 0 aliphatic carbocycles. The summed E-state index contributed by atoms with van der Waals surface area (Å²) in [6.07, 6.45) is 0. The van der Waals surface area contributed by atoms with E-state index in [1.807, 2.05) is 12.0 Å². The fourth-order valence-corrected chi connectivity index (χ4v) is 0.522. The second kappa shape index (κ2) is 5.06. The van der Waals surface area contributed by atoms with Gasteiger partial charge in [0.25, 0.3) is 0 Å². The summed E-state index contributed by atoms with van der Waals surface area (Å²) in [7, 11) is 0. The number of hydrogen-bond donors (Lipinski definition) is 0. The SMILES string of the molecule is C[CH]ON(CC)CC. The topological polar surface area (TPSA) is 12.5 Å². The van der Waals surface area contributed by atoms with Crippen molar-refractivity contribution in [1.82, 2.24) is 5.06 Å². The van der Waals surface area contributed by atoms with Gasteiger partial charge in [-0.15, -0.1) is 0 Å². The molecule has 0 rings (SSSR count). The predicted molar refractivity (Wildman–Crippen MR) is 34.0 cm³/mol. The average Bonchev–Trinajstić information content (AvgIpc) is 1.83. The summed E-state index contributed by atoms with van der Waals surface area (Å²) in [6, 6.07) is 0. The van der Waals surface area contributed by atoms with Crippen molar-refractivity contribution in [2.45, 2.75) is 20.8 Å². The van der Waals surface area contributed by atoms with Crippen molar-refractivity contribution in [3.63, 3.8) is 0 Å². The van der Waals surface area contributed by atoms with E-state index in [1.165, 1.54) is 0 Å². The van der Waals surface area contributed by atoms with Crippen molar-refractivity contribution < 1.29 is 4.84 Å². The molecule has 0 fully saturated rings. The first-order valence-electron chi connectivity index (χ1n) is 3.04. The molecule has 1 radical (unpaired) electrons. The van der Waals surface area contributed by atoms with Gasteiger partial charge in [0, 0.05) is 13.1 Å². The zero-order valence-electron chi connectivity index (χ0n) is 5.85. The minimum absolute atomic E-state index is 0.945. The molecule has 0 aliphatic rings. The number of hydroxylamine groups is 2. The van der Waals surface area contributed by atoms with Crippen molar-refractivity contribution in [2.75, 3.05) is 13.1 Å². The maximum Gasteiger partial charge on any atom is 0.104 e. The molecule has 0 bridgehead atoms. The van der Waals surface area contributed by atoms with Crippen LogP contribution in [-0.2, 0) is 4.84 Å². The summed E-state index contributed by atoms with van der Waals surface area (Å²) in [4.78, 5) is 5.05. The van der Waals surface area contributed by atoms with Crippen LogP contribution in [0.4, 0.5) is 0 Å². The number of rotatable bonds is 4. The van der Waals surface area contributed by atoms with Gasteiger partial charge in [0.2, 0.25) is 0 Å². The highest BCUT2D eigenvalue weighted by Gasteiger charge is 1.93. The largest absolute Gasteiger partial charge is 0.293 e. The van der Waals surface area contributed by atoms with Gasteiger partial charge in [-0.3, -0.25) is 4.84 Å². The van der Waals surface area contributed by atoms with Gasteiger partial charge in [0.05, 0.1) is 0 Å². The first-order chi connectivity index (χ1) is 3.85. The summed E-state index contributed by atoms with van der Waals surface area (Å²) in [5.74, 6) is 0. The Balaban J connectivity index is 3.07.